The van der Waals surface area contributed by atoms with Crippen LogP contribution in [0.25, 0.3) is 0 Å². The van der Waals surface area contributed by atoms with Crippen LogP contribution in [0, 0.1) is 18.8 Å². The molecule has 2 aromatic rings. The number of hydrogen-bond donors (Lipinski definition) is 2. The SMILES string of the molecule is Cc1ccc(Cl)cc1CNCC1=NNC(C2CN(Cc3ccccc3)CC2C)=NC1. The Morgan fingerprint density at radius 3 is 2.73 bits per heavy atom. The van der Waals surface area contributed by atoms with Crippen molar-refractivity contribution in [3.8, 4) is 0 Å². The Morgan fingerprint density at radius 1 is 1.13 bits per heavy atom. The van der Waals surface area contributed by atoms with Gasteiger partial charge in [0, 0.05) is 43.7 Å². The standard InChI is InChI=1S/C24H30ClN5/c1-17-8-9-21(25)10-20(17)11-26-12-22-13-27-24(29-28-22)23-16-30(14-18(23)2)15-19-6-4-3-5-7-19/h3-10,18,23,26H,11-16H2,1-2H3,(H,27,29). The van der Waals surface area contributed by atoms with Crippen LogP contribution in [0.15, 0.2) is 58.6 Å². The number of nitrogens with zero attached hydrogens (tertiary/aromatic N) is 3. The molecule has 2 aliphatic heterocycles. The van der Waals surface area contributed by atoms with Crippen LogP contribution in [-0.2, 0) is 13.1 Å². The van der Waals surface area contributed by atoms with Crippen LogP contribution in [0.1, 0.15) is 23.6 Å². The zero-order valence-corrected chi connectivity index (χ0v) is 18.5. The molecule has 1 saturated heterocycles. The van der Waals surface area contributed by atoms with E-state index in [9.17, 15) is 0 Å². The van der Waals surface area contributed by atoms with Crippen molar-refractivity contribution < 1.29 is 0 Å². The van der Waals surface area contributed by atoms with Gasteiger partial charge in [-0.25, -0.2) is 0 Å². The number of hydrazone groups is 1. The first-order valence-corrected chi connectivity index (χ1v) is 11.0. The summed E-state index contributed by atoms with van der Waals surface area (Å²) in [5, 5.41) is 8.83. The molecule has 2 aliphatic rings. The lowest BCUT2D eigenvalue weighted by Gasteiger charge is -2.21. The molecule has 2 aromatic carbocycles. The van der Waals surface area contributed by atoms with Gasteiger partial charge in [-0.15, -0.1) is 0 Å². The summed E-state index contributed by atoms with van der Waals surface area (Å²) in [6.07, 6.45) is 0. The molecular formula is C24H30ClN5. The highest BCUT2D eigenvalue weighted by Gasteiger charge is 2.33. The minimum Gasteiger partial charge on any atom is -0.307 e. The zero-order valence-electron chi connectivity index (χ0n) is 17.7. The normalized spacial score (nSPS) is 21.8. The molecule has 2 heterocycles. The van der Waals surface area contributed by atoms with Gasteiger partial charge in [0.1, 0.15) is 5.84 Å². The van der Waals surface area contributed by atoms with Crippen LogP contribution in [0.5, 0.6) is 0 Å². The predicted molar refractivity (Wildman–Crippen MR) is 125 cm³/mol. The number of benzene rings is 2. The third-order valence-electron chi connectivity index (χ3n) is 6.00. The van der Waals surface area contributed by atoms with E-state index in [1.165, 1.54) is 16.7 Å². The smallest absolute Gasteiger partial charge is 0.122 e. The van der Waals surface area contributed by atoms with Gasteiger partial charge in [0.15, 0.2) is 0 Å². The second-order valence-corrected chi connectivity index (χ2v) is 8.87. The monoisotopic (exact) mass is 423 g/mol. The minimum absolute atomic E-state index is 0.418. The molecule has 6 heteroatoms. The summed E-state index contributed by atoms with van der Waals surface area (Å²) < 4.78 is 0. The minimum atomic E-state index is 0.418. The topological polar surface area (TPSA) is 52.0 Å². The lowest BCUT2D eigenvalue weighted by molar-refractivity contribution is 0.318. The van der Waals surface area contributed by atoms with Gasteiger partial charge in [-0.1, -0.05) is 54.9 Å². The Bertz CT molecular complexity index is 924. The summed E-state index contributed by atoms with van der Waals surface area (Å²) in [5.41, 5.74) is 8.10. The second-order valence-electron chi connectivity index (χ2n) is 8.43. The summed E-state index contributed by atoms with van der Waals surface area (Å²) in [6.45, 7) is 9.69. The van der Waals surface area contributed by atoms with Crippen LogP contribution < -0.4 is 10.7 Å². The fraction of sp³-hybridized carbons (Fsp3) is 0.417. The third-order valence-corrected chi connectivity index (χ3v) is 6.24. The largest absolute Gasteiger partial charge is 0.307 e. The molecule has 0 radical (unpaired) electrons. The first-order valence-electron chi connectivity index (χ1n) is 10.7. The van der Waals surface area contributed by atoms with Crippen LogP contribution in [0.2, 0.25) is 5.02 Å². The number of halogens is 1. The quantitative estimate of drug-likeness (QED) is 0.710. The van der Waals surface area contributed by atoms with Crippen LogP contribution >= 0.6 is 11.6 Å². The first-order chi connectivity index (χ1) is 14.6. The van der Waals surface area contributed by atoms with Crippen molar-refractivity contribution in [2.45, 2.75) is 26.9 Å². The van der Waals surface area contributed by atoms with Gasteiger partial charge in [0.05, 0.1) is 12.3 Å². The van der Waals surface area contributed by atoms with Gasteiger partial charge in [0.2, 0.25) is 0 Å². The number of likely N-dealkylation sites (tertiary alicyclic amines) is 1. The molecule has 158 valence electrons. The molecule has 0 amide bonds. The molecule has 5 nitrogen and oxygen atoms in total. The maximum absolute atomic E-state index is 6.11. The highest BCUT2D eigenvalue weighted by Crippen LogP contribution is 2.26. The van der Waals surface area contributed by atoms with Crippen LogP contribution in [0.4, 0.5) is 0 Å². The number of aliphatic imine (C=N–C) groups is 1. The Hall–Kier alpha value is -2.21. The molecular weight excluding hydrogens is 394 g/mol. The lowest BCUT2D eigenvalue weighted by Crippen LogP contribution is -2.38. The van der Waals surface area contributed by atoms with Crippen molar-refractivity contribution in [3.63, 3.8) is 0 Å². The van der Waals surface area contributed by atoms with Crippen molar-refractivity contribution >= 4 is 23.1 Å². The maximum Gasteiger partial charge on any atom is 0.122 e. The van der Waals surface area contributed by atoms with Gasteiger partial charge in [-0.05, 0) is 41.7 Å². The molecule has 0 aliphatic carbocycles. The van der Waals surface area contributed by atoms with E-state index in [0.29, 0.717) is 18.4 Å². The van der Waals surface area contributed by atoms with E-state index in [1.807, 2.05) is 12.1 Å². The molecule has 4 rings (SSSR count). The molecule has 2 N–H and O–H groups in total. The molecule has 2 unspecified atom stereocenters. The molecule has 0 spiro atoms. The number of aryl methyl sites for hydroxylation is 1. The van der Waals surface area contributed by atoms with Crippen LogP contribution in [-0.4, -0.2) is 42.6 Å². The van der Waals surface area contributed by atoms with Crippen molar-refractivity contribution in [3.05, 3.63) is 70.2 Å². The Morgan fingerprint density at radius 2 is 1.97 bits per heavy atom. The summed E-state index contributed by atoms with van der Waals surface area (Å²) in [4.78, 5) is 7.35. The zero-order chi connectivity index (χ0) is 20.9. The van der Waals surface area contributed by atoms with Gasteiger partial charge < -0.3 is 5.32 Å². The summed E-state index contributed by atoms with van der Waals surface area (Å²) >= 11 is 6.11. The van der Waals surface area contributed by atoms with E-state index in [1.54, 1.807) is 0 Å². The van der Waals surface area contributed by atoms with E-state index < -0.39 is 0 Å². The molecule has 0 saturated carbocycles. The Balaban J connectivity index is 1.25. The van der Waals surface area contributed by atoms with Gasteiger partial charge >= 0.3 is 0 Å². The fourth-order valence-electron chi connectivity index (χ4n) is 4.24. The van der Waals surface area contributed by atoms with E-state index in [4.69, 9.17) is 16.6 Å². The van der Waals surface area contributed by atoms with Gasteiger partial charge in [-0.2, -0.15) is 5.10 Å². The van der Waals surface area contributed by atoms with Crippen LogP contribution in [0.3, 0.4) is 0 Å². The van der Waals surface area contributed by atoms with Crippen molar-refractivity contribution in [2.24, 2.45) is 21.9 Å². The van der Waals surface area contributed by atoms with Crippen molar-refractivity contribution in [2.75, 3.05) is 26.2 Å². The summed E-state index contributed by atoms with van der Waals surface area (Å²) in [6, 6.07) is 16.7. The fourth-order valence-corrected chi connectivity index (χ4v) is 4.44. The number of amidine groups is 1. The van der Waals surface area contributed by atoms with E-state index >= 15 is 0 Å². The van der Waals surface area contributed by atoms with E-state index in [-0.39, 0.29) is 0 Å². The highest BCUT2D eigenvalue weighted by molar-refractivity contribution is 6.30. The number of rotatable bonds is 7. The number of nitrogens with one attached hydrogen (secondary N) is 2. The molecule has 0 aromatic heterocycles. The predicted octanol–water partition coefficient (Wildman–Crippen LogP) is 3.86. The molecule has 30 heavy (non-hydrogen) atoms. The Labute approximate surface area is 184 Å². The Kier molecular flexibility index (Phi) is 6.82. The molecule has 2 atom stereocenters. The molecule has 1 fully saturated rings. The van der Waals surface area contributed by atoms with E-state index in [2.05, 4.69) is 71.0 Å². The lowest BCUT2D eigenvalue weighted by atomic mass is 9.97. The maximum atomic E-state index is 6.11. The number of hydrogen-bond acceptors (Lipinski definition) is 5. The summed E-state index contributed by atoms with van der Waals surface area (Å²) in [7, 11) is 0. The summed E-state index contributed by atoms with van der Waals surface area (Å²) in [5.74, 6) is 2.02. The van der Waals surface area contributed by atoms with E-state index in [0.717, 1.165) is 49.3 Å². The van der Waals surface area contributed by atoms with Gasteiger partial charge in [-0.3, -0.25) is 15.3 Å². The van der Waals surface area contributed by atoms with Crippen molar-refractivity contribution in [1.29, 1.82) is 0 Å². The first kappa shape index (κ1) is 21.0. The second kappa shape index (κ2) is 9.73. The highest BCUT2D eigenvalue weighted by atomic mass is 35.5. The van der Waals surface area contributed by atoms with Crippen molar-refractivity contribution in [1.82, 2.24) is 15.6 Å². The van der Waals surface area contributed by atoms with Gasteiger partial charge in [0.25, 0.3) is 0 Å². The average Bonchev–Trinajstić information content (AvgIpc) is 3.12. The third kappa shape index (κ3) is 5.28. The average molecular weight is 424 g/mol. The molecule has 0 bridgehead atoms.